The van der Waals surface area contributed by atoms with E-state index >= 15 is 0 Å². The van der Waals surface area contributed by atoms with Crippen molar-refractivity contribution < 1.29 is 9.84 Å². The molecule has 0 amide bonds. The van der Waals surface area contributed by atoms with Crippen LogP contribution in [0.3, 0.4) is 0 Å². The van der Waals surface area contributed by atoms with Gasteiger partial charge in [-0.05, 0) is 32.3 Å². The minimum atomic E-state index is -0.979. The number of guanidine groups is 1. The third-order valence-corrected chi connectivity index (χ3v) is 3.69. The summed E-state index contributed by atoms with van der Waals surface area (Å²) >= 11 is 0. The molecule has 0 aliphatic rings. The lowest BCUT2D eigenvalue weighted by Crippen LogP contribution is -2.39. The van der Waals surface area contributed by atoms with Crippen molar-refractivity contribution in [3.8, 4) is 0 Å². The largest absolute Gasteiger partial charge is 0.384 e. The second-order valence-corrected chi connectivity index (χ2v) is 6.08. The summed E-state index contributed by atoms with van der Waals surface area (Å²) < 4.78 is 5.55. The fourth-order valence-corrected chi connectivity index (χ4v) is 2.19. The van der Waals surface area contributed by atoms with E-state index in [1.165, 1.54) is 0 Å². The molecule has 1 unspecified atom stereocenters. The standard InChI is InChI=1S/C19H33N3O2/c1-4-6-14-24-15-10-13-21-18(20-5-2)22-16-19(3,23)17-11-8-7-9-12-17/h7-9,11-12,23H,4-6,10,13-16H2,1-3H3,(H2,20,21,22). The fourth-order valence-electron chi connectivity index (χ4n) is 2.19. The molecule has 1 atom stereocenters. The summed E-state index contributed by atoms with van der Waals surface area (Å²) in [5.41, 5.74) is -0.110. The lowest BCUT2D eigenvalue weighted by atomic mass is 9.96. The van der Waals surface area contributed by atoms with E-state index in [0.29, 0.717) is 6.54 Å². The van der Waals surface area contributed by atoms with E-state index in [2.05, 4.69) is 22.5 Å². The third kappa shape index (κ3) is 8.31. The first-order valence-corrected chi connectivity index (χ1v) is 8.98. The lowest BCUT2D eigenvalue weighted by Gasteiger charge is -2.22. The van der Waals surface area contributed by atoms with E-state index in [1.807, 2.05) is 37.3 Å². The average Bonchev–Trinajstić information content (AvgIpc) is 2.59. The zero-order valence-corrected chi connectivity index (χ0v) is 15.3. The van der Waals surface area contributed by atoms with Gasteiger partial charge in [-0.1, -0.05) is 43.7 Å². The summed E-state index contributed by atoms with van der Waals surface area (Å²) in [4.78, 5) is 4.51. The van der Waals surface area contributed by atoms with Crippen molar-refractivity contribution in [3.63, 3.8) is 0 Å². The molecule has 1 aromatic rings. The number of rotatable bonds is 11. The molecule has 3 N–H and O–H groups in total. The van der Waals surface area contributed by atoms with E-state index in [0.717, 1.165) is 57.1 Å². The first-order chi connectivity index (χ1) is 11.6. The number of hydrogen-bond donors (Lipinski definition) is 3. The van der Waals surface area contributed by atoms with Crippen LogP contribution in [-0.4, -0.2) is 43.9 Å². The zero-order valence-electron chi connectivity index (χ0n) is 15.3. The number of nitrogens with one attached hydrogen (secondary N) is 2. The number of unbranched alkanes of at least 4 members (excludes halogenated alkanes) is 1. The van der Waals surface area contributed by atoms with Crippen LogP contribution in [0.5, 0.6) is 0 Å². The molecule has 0 fully saturated rings. The predicted molar refractivity (Wildman–Crippen MR) is 100 cm³/mol. The molecule has 0 heterocycles. The number of ether oxygens (including phenoxy) is 1. The molecule has 0 aromatic heterocycles. The minimum Gasteiger partial charge on any atom is -0.384 e. The van der Waals surface area contributed by atoms with Crippen LogP contribution in [0.2, 0.25) is 0 Å². The van der Waals surface area contributed by atoms with Crippen molar-refractivity contribution in [3.05, 3.63) is 35.9 Å². The Bertz CT molecular complexity index is 461. The summed E-state index contributed by atoms with van der Waals surface area (Å²) in [5, 5.41) is 17.1. The topological polar surface area (TPSA) is 65.9 Å². The Labute approximate surface area is 146 Å². The van der Waals surface area contributed by atoms with Crippen molar-refractivity contribution in [2.75, 3.05) is 32.8 Å². The summed E-state index contributed by atoms with van der Waals surface area (Å²) in [5.74, 6) is 0.724. The molecule has 0 saturated carbocycles. The normalized spacial score (nSPS) is 14.2. The van der Waals surface area contributed by atoms with E-state index in [9.17, 15) is 5.11 Å². The number of nitrogens with zero attached hydrogens (tertiary/aromatic N) is 1. The van der Waals surface area contributed by atoms with E-state index in [4.69, 9.17) is 4.74 Å². The van der Waals surface area contributed by atoms with Crippen LogP contribution in [0.1, 0.15) is 45.6 Å². The molecule has 0 aliphatic heterocycles. The summed E-state index contributed by atoms with van der Waals surface area (Å²) in [7, 11) is 0. The number of aliphatic hydroxyl groups is 1. The molecule has 5 nitrogen and oxygen atoms in total. The molecule has 5 heteroatoms. The van der Waals surface area contributed by atoms with E-state index in [1.54, 1.807) is 6.92 Å². The van der Waals surface area contributed by atoms with Crippen LogP contribution >= 0.6 is 0 Å². The quantitative estimate of drug-likeness (QED) is 0.330. The van der Waals surface area contributed by atoms with Crippen molar-refractivity contribution >= 4 is 5.96 Å². The van der Waals surface area contributed by atoms with Crippen molar-refractivity contribution in [1.29, 1.82) is 0 Å². The monoisotopic (exact) mass is 335 g/mol. The summed E-state index contributed by atoms with van der Waals surface area (Å²) in [6.07, 6.45) is 3.21. The summed E-state index contributed by atoms with van der Waals surface area (Å²) in [6.45, 7) is 9.46. The average molecular weight is 335 g/mol. The molecular weight excluding hydrogens is 302 g/mol. The maximum absolute atomic E-state index is 10.6. The van der Waals surface area contributed by atoms with Crippen molar-refractivity contribution in [1.82, 2.24) is 10.6 Å². The Kier molecular flexibility index (Phi) is 10.1. The SMILES string of the molecule is CCCCOCCCNC(=NCC(C)(O)c1ccccc1)NCC. The van der Waals surface area contributed by atoms with Gasteiger partial charge in [0.1, 0.15) is 5.60 Å². The van der Waals surface area contributed by atoms with Crippen molar-refractivity contribution in [2.45, 2.75) is 45.6 Å². The highest BCUT2D eigenvalue weighted by Gasteiger charge is 2.22. The van der Waals surface area contributed by atoms with Gasteiger partial charge < -0.3 is 20.5 Å². The second kappa shape index (κ2) is 11.9. The van der Waals surface area contributed by atoms with Gasteiger partial charge in [0.25, 0.3) is 0 Å². The molecule has 0 saturated heterocycles. The maximum atomic E-state index is 10.6. The van der Waals surface area contributed by atoms with Crippen LogP contribution in [0.15, 0.2) is 35.3 Å². The highest BCUT2D eigenvalue weighted by molar-refractivity contribution is 5.79. The molecule has 136 valence electrons. The van der Waals surface area contributed by atoms with Gasteiger partial charge in [-0.3, -0.25) is 0 Å². The Hall–Kier alpha value is -1.59. The maximum Gasteiger partial charge on any atom is 0.191 e. The van der Waals surface area contributed by atoms with Gasteiger partial charge in [-0.25, -0.2) is 4.99 Å². The van der Waals surface area contributed by atoms with Gasteiger partial charge in [0.2, 0.25) is 0 Å². The van der Waals surface area contributed by atoms with Gasteiger partial charge in [0.05, 0.1) is 6.54 Å². The molecule has 0 aliphatic carbocycles. The highest BCUT2D eigenvalue weighted by atomic mass is 16.5. The molecule has 1 aromatic carbocycles. The number of hydrogen-bond acceptors (Lipinski definition) is 3. The van der Waals surface area contributed by atoms with Gasteiger partial charge in [0, 0.05) is 26.3 Å². The first kappa shape index (κ1) is 20.5. The number of benzene rings is 1. The molecule has 0 spiro atoms. The van der Waals surface area contributed by atoms with Gasteiger partial charge in [-0.15, -0.1) is 0 Å². The van der Waals surface area contributed by atoms with Crippen LogP contribution in [-0.2, 0) is 10.3 Å². The molecular formula is C19H33N3O2. The van der Waals surface area contributed by atoms with Gasteiger partial charge in [0.15, 0.2) is 5.96 Å². The van der Waals surface area contributed by atoms with Gasteiger partial charge >= 0.3 is 0 Å². The zero-order chi connectivity index (χ0) is 17.7. The smallest absolute Gasteiger partial charge is 0.191 e. The van der Waals surface area contributed by atoms with E-state index < -0.39 is 5.60 Å². The Balaban J connectivity index is 2.41. The molecule has 0 bridgehead atoms. The van der Waals surface area contributed by atoms with Crippen LogP contribution in [0, 0.1) is 0 Å². The highest BCUT2D eigenvalue weighted by Crippen LogP contribution is 2.20. The predicted octanol–water partition coefficient (Wildman–Crippen LogP) is 2.66. The number of aliphatic imine (C=N–C) groups is 1. The second-order valence-electron chi connectivity index (χ2n) is 6.08. The molecule has 1 rings (SSSR count). The summed E-state index contributed by atoms with van der Waals surface area (Å²) in [6, 6.07) is 9.63. The van der Waals surface area contributed by atoms with Crippen LogP contribution in [0.25, 0.3) is 0 Å². The Morgan fingerprint density at radius 1 is 1.12 bits per heavy atom. The van der Waals surface area contributed by atoms with E-state index in [-0.39, 0.29) is 0 Å². The minimum absolute atomic E-state index is 0.305. The molecule has 24 heavy (non-hydrogen) atoms. The van der Waals surface area contributed by atoms with Crippen LogP contribution < -0.4 is 10.6 Å². The lowest BCUT2D eigenvalue weighted by molar-refractivity contribution is 0.0672. The Morgan fingerprint density at radius 2 is 1.83 bits per heavy atom. The molecule has 0 radical (unpaired) electrons. The third-order valence-electron chi connectivity index (χ3n) is 3.69. The fraction of sp³-hybridized carbons (Fsp3) is 0.632. The Morgan fingerprint density at radius 3 is 2.50 bits per heavy atom. The van der Waals surface area contributed by atoms with Crippen LogP contribution in [0.4, 0.5) is 0 Å². The first-order valence-electron chi connectivity index (χ1n) is 8.98. The van der Waals surface area contributed by atoms with Gasteiger partial charge in [-0.2, -0.15) is 0 Å². The van der Waals surface area contributed by atoms with Crippen molar-refractivity contribution in [2.24, 2.45) is 4.99 Å².